The maximum Gasteiger partial charge on any atom is 0.434 e. The predicted molar refractivity (Wildman–Crippen MR) is 152 cm³/mol. The van der Waals surface area contributed by atoms with E-state index < -0.39 is 45.0 Å². The molecule has 1 aromatic carbocycles. The maximum absolute atomic E-state index is 14.4. The van der Waals surface area contributed by atoms with Crippen LogP contribution in [0.3, 0.4) is 0 Å². The van der Waals surface area contributed by atoms with Gasteiger partial charge in [0.2, 0.25) is 15.8 Å². The summed E-state index contributed by atoms with van der Waals surface area (Å²) >= 11 is 0.640. The number of hydrogen-bond acceptors (Lipinski definition) is 7. The highest BCUT2D eigenvalue weighted by molar-refractivity contribution is 7.89. The van der Waals surface area contributed by atoms with E-state index in [9.17, 15) is 30.8 Å². The zero-order chi connectivity index (χ0) is 31.0. The van der Waals surface area contributed by atoms with Crippen molar-refractivity contribution in [1.29, 1.82) is 0 Å². The Balaban J connectivity index is 1.32. The Morgan fingerprint density at radius 2 is 1.84 bits per heavy atom. The van der Waals surface area contributed by atoms with Crippen molar-refractivity contribution >= 4 is 33.2 Å². The molecule has 0 radical (unpaired) electrons. The number of rotatable bonds is 7. The second-order valence-electron chi connectivity index (χ2n) is 11.5. The van der Waals surface area contributed by atoms with Crippen molar-refractivity contribution in [3.8, 4) is 5.69 Å². The van der Waals surface area contributed by atoms with E-state index in [4.69, 9.17) is 0 Å². The Morgan fingerprint density at radius 3 is 2.48 bits per heavy atom. The molecule has 4 aromatic rings. The molecule has 9 nitrogen and oxygen atoms in total. The first kappa shape index (κ1) is 29.0. The number of nitrogens with zero attached hydrogens (tertiary/aromatic N) is 6. The van der Waals surface area contributed by atoms with Crippen LogP contribution in [0.25, 0.3) is 11.8 Å². The number of fused-ring (bicyclic) bond motifs is 2. The van der Waals surface area contributed by atoms with Crippen molar-refractivity contribution in [2.24, 2.45) is 12.5 Å². The molecule has 3 aliphatic carbocycles. The monoisotopic (exact) mass is 646 g/mol. The van der Waals surface area contributed by atoms with Gasteiger partial charge in [-0.3, -0.25) is 9.48 Å². The van der Waals surface area contributed by atoms with Crippen LogP contribution in [0.5, 0.6) is 0 Å². The molecule has 7 rings (SSSR count). The fraction of sp³-hybridized carbons (Fsp3) is 0.379. The van der Waals surface area contributed by atoms with Gasteiger partial charge in [-0.2, -0.15) is 27.7 Å². The fourth-order valence-electron chi connectivity index (χ4n) is 6.48. The van der Waals surface area contributed by atoms with Crippen LogP contribution >= 0.6 is 11.3 Å². The number of thiazole rings is 1. The Kier molecular flexibility index (Phi) is 6.71. The molecule has 2 atom stereocenters. The van der Waals surface area contributed by atoms with Gasteiger partial charge in [-0.15, -0.1) is 11.3 Å². The summed E-state index contributed by atoms with van der Waals surface area (Å²) in [5.41, 5.74) is 0.186. The van der Waals surface area contributed by atoms with Gasteiger partial charge in [-0.1, -0.05) is 5.57 Å². The summed E-state index contributed by atoms with van der Waals surface area (Å²) in [6.07, 6.45) is 3.75. The van der Waals surface area contributed by atoms with Gasteiger partial charge in [0.1, 0.15) is 10.7 Å². The standard InChI is InChI=1S/C29H26F4N6O3S2/c1-37-15-23(14-34-37)44(41,42)39(21-8-9-21)22-5-2-18-10-24-17(13-35-38(24)20-6-3-19(30)4-7-20)11-28(18,12-22)26(40)27-36-25(16-43-27)29(31,32)33/h3-4,6-7,10,13-16,21-22H,2,5,8-9,11-12H2,1H3/t22-,28-/m0/s1. The van der Waals surface area contributed by atoms with E-state index in [0.29, 0.717) is 59.5 Å². The van der Waals surface area contributed by atoms with E-state index >= 15 is 0 Å². The van der Waals surface area contributed by atoms with Crippen molar-refractivity contribution in [3.63, 3.8) is 0 Å². The Morgan fingerprint density at radius 1 is 1.09 bits per heavy atom. The summed E-state index contributed by atoms with van der Waals surface area (Å²) in [7, 11) is -2.35. The first-order chi connectivity index (χ1) is 20.9. The van der Waals surface area contributed by atoms with Gasteiger partial charge in [0.25, 0.3) is 0 Å². The quantitative estimate of drug-likeness (QED) is 0.196. The Labute approximate surface area is 253 Å². The van der Waals surface area contributed by atoms with Gasteiger partial charge in [-0.25, -0.2) is 22.5 Å². The van der Waals surface area contributed by atoms with Gasteiger partial charge >= 0.3 is 6.18 Å². The van der Waals surface area contributed by atoms with Gasteiger partial charge < -0.3 is 0 Å². The molecular weight excluding hydrogens is 620 g/mol. The topological polar surface area (TPSA) is 103 Å². The third kappa shape index (κ3) is 4.81. The molecule has 230 valence electrons. The molecule has 0 aliphatic heterocycles. The number of aryl methyl sites for hydroxylation is 1. The summed E-state index contributed by atoms with van der Waals surface area (Å²) in [5.74, 6) is -0.970. The van der Waals surface area contributed by atoms with E-state index in [1.165, 1.54) is 33.5 Å². The summed E-state index contributed by atoms with van der Waals surface area (Å²) in [5, 5.41) is 9.08. The minimum Gasteiger partial charge on any atom is -0.290 e. The lowest BCUT2D eigenvalue weighted by Gasteiger charge is -2.46. The number of aromatic nitrogens is 5. The normalized spacial score (nSPS) is 22.0. The maximum atomic E-state index is 14.4. The van der Waals surface area contributed by atoms with Gasteiger partial charge in [0.05, 0.1) is 29.2 Å². The van der Waals surface area contributed by atoms with Crippen LogP contribution in [0.1, 0.15) is 58.9 Å². The summed E-state index contributed by atoms with van der Waals surface area (Å²) in [6.45, 7) is 0. The minimum absolute atomic E-state index is 0.0508. The molecule has 0 saturated heterocycles. The van der Waals surface area contributed by atoms with E-state index in [0.717, 1.165) is 5.38 Å². The van der Waals surface area contributed by atoms with E-state index in [1.54, 1.807) is 30.1 Å². The van der Waals surface area contributed by atoms with Crippen LogP contribution < -0.4 is 0 Å². The zero-order valence-electron chi connectivity index (χ0n) is 23.3. The molecule has 15 heteroatoms. The molecule has 0 N–H and O–H groups in total. The summed E-state index contributed by atoms with van der Waals surface area (Å²) in [6, 6.07) is 4.97. The lowest BCUT2D eigenvalue weighted by Crippen LogP contribution is -2.51. The van der Waals surface area contributed by atoms with Crippen LogP contribution in [0.2, 0.25) is 0 Å². The van der Waals surface area contributed by atoms with Crippen LogP contribution in [0.15, 0.2) is 58.7 Å². The number of hydrogen-bond donors (Lipinski definition) is 0. The SMILES string of the molecule is Cn1cc(S(=O)(=O)N(C2CC2)[C@H]2CCC3=Cc4c(cnn4-c4ccc(F)cc4)C[C@]3(C(=O)c3nc(C(F)(F)F)cs3)C2)cn1. The first-order valence-electron chi connectivity index (χ1n) is 14.0. The highest BCUT2D eigenvalue weighted by atomic mass is 32.2. The van der Waals surface area contributed by atoms with Gasteiger partial charge in [0.15, 0.2) is 10.7 Å². The van der Waals surface area contributed by atoms with E-state index in [1.807, 2.05) is 6.08 Å². The van der Waals surface area contributed by atoms with Crippen molar-refractivity contribution in [3.05, 3.63) is 81.6 Å². The van der Waals surface area contributed by atoms with Crippen molar-refractivity contribution in [1.82, 2.24) is 28.9 Å². The number of allylic oxidation sites excluding steroid dienone is 1. The first-order valence-corrected chi connectivity index (χ1v) is 16.3. The Hall–Kier alpha value is -3.69. The van der Waals surface area contributed by atoms with Crippen LogP contribution in [-0.2, 0) is 29.7 Å². The largest absolute Gasteiger partial charge is 0.434 e. The van der Waals surface area contributed by atoms with E-state index in [2.05, 4.69) is 15.2 Å². The number of benzene rings is 1. The van der Waals surface area contributed by atoms with Crippen LogP contribution in [0.4, 0.5) is 17.6 Å². The molecule has 0 amide bonds. The number of alkyl halides is 3. The average Bonchev–Trinajstić information content (AvgIpc) is 3.34. The highest BCUT2D eigenvalue weighted by Crippen LogP contribution is 2.53. The third-order valence-corrected chi connectivity index (χ3v) is 11.5. The number of halogens is 4. The predicted octanol–water partition coefficient (Wildman–Crippen LogP) is 5.43. The zero-order valence-corrected chi connectivity index (χ0v) is 25.0. The highest BCUT2D eigenvalue weighted by Gasteiger charge is 2.54. The summed E-state index contributed by atoms with van der Waals surface area (Å²) < 4.78 is 86.5. The molecule has 0 unspecified atom stereocenters. The molecule has 44 heavy (non-hydrogen) atoms. The number of ketones is 1. The second kappa shape index (κ2) is 10.2. The fourth-order valence-corrected chi connectivity index (χ4v) is 9.22. The van der Waals surface area contributed by atoms with Crippen molar-refractivity contribution < 1.29 is 30.8 Å². The number of sulfonamides is 1. The minimum atomic E-state index is -4.71. The lowest BCUT2D eigenvalue weighted by molar-refractivity contribution is -0.140. The van der Waals surface area contributed by atoms with Gasteiger partial charge in [0, 0.05) is 30.7 Å². The number of carbonyl (C=O) groups is 1. The smallest absolute Gasteiger partial charge is 0.290 e. The Bertz CT molecular complexity index is 1910. The molecule has 2 saturated carbocycles. The number of Topliss-reactive ketones (excluding diaryl/α,β-unsaturated/α-hetero) is 1. The molecule has 3 aliphatic rings. The lowest BCUT2D eigenvalue weighted by atomic mass is 9.61. The molecular formula is C29H26F4N6O3S2. The molecule has 2 fully saturated rings. The molecule has 3 aromatic heterocycles. The molecule has 0 bridgehead atoms. The average molecular weight is 647 g/mol. The van der Waals surface area contributed by atoms with E-state index in [-0.39, 0.29) is 28.8 Å². The third-order valence-electron chi connectivity index (χ3n) is 8.65. The van der Waals surface area contributed by atoms with Crippen molar-refractivity contribution in [2.75, 3.05) is 0 Å². The summed E-state index contributed by atoms with van der Waals surface area (Å²) in [4.78, 5) is 18.1. The van der Waals surface area contributed by atoms with Crippen LogP contribution in [-0.4, -0.2) is 55.1 Å². The molecule has 3 heterocycles. The number of carbonyl (C=O) groups excluding carboxylic acids is 1. The van der Waals surface area contributed by atoms with Crippen molar-refractivity contribution in [2.45, 2.75) is 61.7 Å². The second-order valence-corrected chi connectivity index (χ2v) is 14.3. The van der Waals surface area contributed by atoms with Gasteiger partial charge in [-0.05, 0) is 74.4 Å². The molecule has 0 spiro atoms. The van der Waals surface area contributed by atoms with Crippen LogP contribution in [0, 0.1) is 11.2 Å².